The third-order valence-electron chi connectivity index (χ3n) is 0.107. The highest BCUT2D eigenvalue weighted by Gasteiger charge is 1.70. The maximum Gasteiger partial charge on any atom is 0.219 e. The van der Waals surface area contributed by atoms with Gasteiger partial charge in [-0.3, -0.25) is 0 Å². The molecule has 0 aliphatic rings. The molecule has 0 spiro atoms. The summed E-state index contributed by atoms with van der Waals surface area (Å²) in [5, 5.41) is 14.7. The normalized spacial score (nSPS) is 11.8. The highest BCUT2D eigenvalue weighted by atomic mass is 35.5. The Morgan fingerprint density at radius 3 is 2.00 bits per heavy atom. The molecule has 0 bridgehead atoms. The topological polar surface area (TPSA) is 40.5 Å². The van der Waals surface area contributed by atoms with E-state index in [4.69, 9.17) is 10.2 Å². The van der Waals surface area contributed by atoms with Crippen LogP contribution >= 0.6 is 11.6 Å². The first-order chi connectivity index (χ1) is 2.27. The SMILES string of the molecule is OC=C(O)Cl. The molecule has 2 N–H and O–H groups in total. The zero-order chi connectivity index (χ0) is 4.28. The highest BCUT2D eigenvalue weighted by Crippen LogP contribution is 1.87. The van der Waals surface area contributed by atoms with E-state index in [2.05, 4.69) is 11.6 Å². The van der Waals surface area contributed by atoms with E-state index in [1.165, 1.54) is 0 Å². The summed E-state index contributed by atoms with van der Waals surface area (Å²) in [7, 11) is 0. The number of halogens is 1. The summed E-state index contributed by atoms with van der Waals surface area (Å²) < 4.78 is 0. The van der Waals surface area contributed by atoms with E-state index in [1.807, 2.05) is 0 Å². The Morgan fingerprint density at radius 1 is 1.80 bits per heavy atom. The molecular weight excluding hydrogens is 91.5 g/mol. The molecule has 0 aromatic carbocycles. The molecule has 0 rings (SSSR count). The van der Waals surface area contributed by atoms with Crippen LogP contribution in [0.3, 0.4) is 0 Å². The minimum atomic E-state index is -0.593. The zero-order valence-electron chi connectivity index (χ0n) is 2.35. The van der Waals surface area contributed by atoms with Gasteiger partial charge in [0.05, 0.1) is 0 Å². The summed E-state index contributed by atoms with van der Waals surface area (Å²) in [6.07, 6.45) is 0.404. The molecule has 0 aliphatic heterocycles. The van der Waals surface area contributed by atoms with Gasteiger partial charge in [0.1, 0.15) is 6.26 Å². The number of aliphatic hydroxyl groups excluding tert-OH is 2. The van der Waals surface area contributed by atoms with Crippen LogP contribution < -0.4 is 0 Å². The van der Waals surface area contributed by atoms with Gasteiger partial charge in [-0.1, -0.05) is 0 Å². The van der Waals surface area contributed by atoms with Crippen LogP contribution in [0.5, 0.6) is 0 Å². The first-order valence-electron chi connectivity index (χ1n) is 0.959. The summed E-state index contributed by atoms with van der Waals surface area (Å²) in [6, 6.07) is 0. The average Bonchev–Trinajstić information content (AvgIpc) is 1.38. The van der Waals surface area contributed by atoms with Crippen LogP contribution in [0.4, 0.5) is 0 Å². The third kappa shape index (κ3) is 3.63. The van der Waals surface area contributed by atoms with Gasteiger partial charge in [-0.2, -0.15) is 0 Å². The second-order valence-corrected chi connectivity index (χ2v) is 0.839. The molecule has 0 heterocycles. The minimum Gasteiger partial charge on any atom is -0.511 e. The number of hydrogen-bond donors (Lipinski definition) is 2. The van der Waals surface area contributed by atoms with E-state index in [-0.39, 0.29) is 0 Å². The predicted molar refractivity (Wildman–Crippen MR) is 19.2 cm³/mol. The maximum atomic E-state index is 7.74. The van der Waals surface area contributed by atoms with E-state index >= 15 is 0 Å². The van der Waals surface area contributed by atoms with Crippen LogP contribution in [0.2, 0.25) is 0 Å². The van der Waals surface area contributed by atoms with Gasteiger partial charge in [-0.05, 0) is 11.6 Å². The second-order valence-electron chi connectivity index (χ2n) is 0.452. The molecular formula is C2H3ClO2. The Bertz CT molecular complexity index is 45.6. The number of hydrogen-bond acceptors (Lipinski definition) is 2. The standard InChI is InChI=1S/C2H3ClO2/c3-2(5)1-4/h1,4-5H. The van der Waals surface area contributed by atoms with Gasteiger partial charge in [-0.25, -0.2) is 0 Å². The lowest BCUT2D eigenvalue weighted by molar-refractivity contribution is 0.392. The Balaban J connectivity index is 3.14. The molecule has 3 heteroatoms. The first-order valence-corrected chi connectivity index (χ1v) is 1.34. The first kappa shape index (κ1) is 4.63. The molecule has 0 atom stereocenters. The fourth-order valence-electron chi connectivity index (χ4n) is 0. The average molecular weight is 94.5 g/mol. The fourth-order valence-corrected chi connectivity index (χ4v) is 0. The number of rotatable bonds is 0. The molecule has 0 saturated heterocycles. The van der Waals surface area contributed by atoms with Crippen molar-refractivity contribution in [2.45, 2.75) is 0 Å². The molecule has 0 radical (unpaired) electrons. The summed E-state index contributed by atoms with van der Waals surface area (Å²) in [6.45, 7) is 0. The molecule has 0 unspecified atom stereocenters. The Morgan fingerprint density at radius 2 is 2.00 bits per heavy atom. The molecule has 30 valence electrons. The number of aliphatic hydroxyl groups is 2. The van der Waals surface area contributed by atoms with Gasteiger partial charge >= 0.3 is 0 Å². The lowest BCUT2D eigenvalue weighted by Crippen LogP contribution is -1.58. The quantitative estimate of drug-likeness (QED) is 0.442. The van der Waals surface area contributed by atoms with Gasteiger partial charge in [0.15, 0.2) is 0 Å². The monoisotopic (exact) mass is 94.0 g/mol. The van der Waals surface area contributed by atoms with Gasteiger partial charge in [0, 0.05) is 0 Å². The van der Waals surface area contributed by atoms with Crippen molar-refractivity contribution in [3.05, 3.63) is 11.5 Å². The highest BCUT2D eigenvalue weighted by molar-refractivity contribution is 6.27. The molecule has 0 aromatic rings. The molecule has 0 aliphatic carbocycles. The van der Waals surface area contributed by atoms with Crippen molar-refractivity contribution >= 4 is 11.6 Å². The van der Waals surface area contributed by atoms with Crippen LogP contribution in [0, 0.1) is 0 Å². The Kier molecular flexibility index (Phi) is 1.76. The molecule has 5 heavy (non-hydrogen) atoms. The van der Waals surface area contributed by atoms with E-state index in [1.54, 1.807) is 0 Å². The van der Waals surface area contributed by atoms with E-state index < -0.39 is 5.22 Å². The Hall–Kier alpha value is -0.370. The summed E-state index contributed by atoms with van der Waals surface area (Å²) in [5.41, 5.74) is 0. The largest absolute Gasteiger partial charge is 0.511 e. The lowest BCUT2D eigenvalue weighted by atomic mass is 11.1. The van der Waals surface area contributed by atoms with Crippen LogP contribution in [0.1, 0.15) is 0 Å². The van der Waals surface area contributed by atoms with Crippen molar-refractivity contribution in [3.8, 4) is 0 Å². The van der Waals surface area contributed by atoms with Crippen molar-refractivity contribution < 1.29 is 10.2 Å². The van der Waals surface area contributed by atoms with Crippen LogP contribution in [0.15, 0.2) is 11.5 Å². The van der Waals surface area contributed by atoms with Crippen molar-refractivity contribution in [2.24, 2.45) is 0 Å². The fraction of sp³-hybridized carbons (Fsp3) is 0. The van der Waals surface area contributed by atoms with Crippen LogP contribution in [0.25, 0.3) is 0 Å². The van der Waals surface area contributed by atoms with Crippen molar-refractivity contribution in [1.29, 1.82) is 0 Å². The molecule has 0 aromatic heterocycles. The maximum absolute atomic E-state index is 7.74. The van der Waals surface area contributed by atoms with Gasteiger partial charge < -0.3 is 10.2 Å². The van der Waals surface area contributed by atoms with Gasteiger partial charge in [-0.15, -0.1) is 0 Å². The van der Waals surface area contributed by atoms with Crippen molar-refractivity contribution in [3.63, 3.8) is 0 Å². The second kappa shape index (κ2) is 1.91. The predicted octanol–water partition coefficient (Wildman–Crippen LogP) is 1.14. The van der Waals surface area contributed by atoms with E-state index in [0.29, 0.717) is 6.26 Å². The lowest BCUT2D eigenvalue weighted by Gasteiger charge is -1.71. The van der Waals surface area contributed by atoms with Crippen LogP contribution in [-0.4, -0.2) is 10.2 Å². The molecule has 0 amide bonds. The van der Waals surface area contributed by atoms with Gasteiger partial charge in [0.25, 0.3) is 0 Å². The third-order valence-corrected chi connectivity index (χ3v) is 0.204. The van der Waals surface area contributed by atoms with Crippen molar-refractivity contribution in [1.82, 2.24) is 0 Å². The Labute approximate surface area is 34.3 Å². The summed E-state index contributed by atoms with van der Waals surface area (Å²) in [4.78, 5) is 0. The van der Waals surface area contributed by atoms with Crippen LogP contribution in [-0.2, 0) is 0 Å². The summed E-state index contributed by atoms with van der Waals surface area (Å²) >= 11 is 4.63. The smallest absolute Gasteiger partial charge is 0.219 e. The minimum absolute atomic E-state index is 0.404. The van der Waals surface area contributed by atoms with E-state index in [9.17, 15) is 0 Å². The van der Waals surface area contributed by atoms with Gasteiger partial charge in [0.2, 0.25) is 5.22 Å². The molecule has 0 fully saturated rings. The van der Waals surface area contributed by atoms with E-state index in [0.717, 1.165) is 0 Å². The zero-order valence-corrected chi connectivity index (χ0v) is 3.11. The van der Waals surface area contributed by atoms with Crippen molar-refractivity contribution in [2.75, 3.05) is 0 Å². The molecule has 2 nitrogen and oxygen atoms in total. The molecule has 0 saturated carbocycles. The summed E-state index contributed by atoms with van der Waals surface area (Å²) in [5.74, 6) is 0.